The lowest BCUT2D eigenvalue weighted by Gasteiger charge is -2.27. The third kappa shape index (κ3) is 7.14. The summed E-state index contributed by atoms with van der Waals surface area (Å²) in [5.41, 5.74) is 0.190. The number of unbranched alkanes of at least 4 members (excludes halogenated alkanes) is 6. The molecule has 1 aromatic rings. The Morgan fingerprint density at radius 2 is 1.48 bits per heavy atom. The normalized spacial score (nSPS) is 19.2. The van der Waals surface area contributed by atoms with Gasteiger partial charge in [0.1, 0.15) is 5.54 Å². The number of rotatable bonds is 14. The van der Waals surface area contributed by atoms with Gasteiger partial charge in [-0.1, -0.05) is 82.7 Å². The van der Waals surface area contributed by atoms with Crippen molar-refractivity contribution in [3.63, 3.8) is 0 Å². The van der Waals surface area contributed by atoms with Gasteiger partial charge in [-0.2, -0.15) is 0 Å². The minimum Gasteiger partial charge on any atom is -0.323 e. The minimum absolute atomic E-state index is 0.113. The average molecular weight is 402 g/mol. The summed E-state index contributed by atoms with van der Waals surface area (Å²) in [7, 11) is 0. The maximum atomic E-state index is 13.1. The van der Waals surface area contributed by atoms with Crippen LogP contribution in [0.5, 0.6) is 0 Å². The molecule has 1 heterocycles. The van der Waals surface area contributed by atoms with Crippen LogP contribution in [-0.2, 0) is 11.2 Å². The molecule has 5 heteroatoms. The van der Waals surface area contributed by atoms with Crippen molar-refractivity contribution in [2.45, 2.75) is 84.1 Å². The van der Waals surface area contributed by atoms with Crippen LogP contribution in [0.15, 0.2) is 30.3 Å². The number of imide groups is 1. The highest BCUT2D eigenvalue weighted by Gasteiger charge is 2.47. The molecular formula is C24H39N3O2. The van der Waals surface area contributed by atoms with E-state index >= 15 is 0 Å². The fourth-order valence-electron chi connectivity index (χ4n) is 3.98. The number of carbonyl (C=O) groups is 2. The van der Waals surface area contributed by atoms with Crippen LogP contribution in [0.3, 0.4) is 0 Å². The molecule has 162 valence electrons. The predicted molar refractivity (Wildman–Crippen MR) is 119 cm³/mol. The Labute approximate surface area is 176 Å². The minimum atomic E-state index is -0.867. The van der Waals surface area contributed by atoms with Crippen LogP contribution in [0, 0.1) is 0 Å². The van der Waals surface area contributed by atoms with Gasteiger partial charge in [-0.05, 0) is 38.4 Å². The Hall–Kier alpha value is -1.88. The molecule has 1 saturated heterocycles. The number of hydrogen-bond acceptors (Lipinski definition) is 3. The standard InChI is InChI=1S/C24H39N3O2/c1-4-6-8-13-17-26(18-14-9-7-5-2)20-27-22(28)24(3,25-23(27)29)19-21-15-11-10-12-16-21/h10-12,15-16H,4-9,13-14,17-20H2,1-3H3,(H,25,29). The van der Waals surface area contributed by atoms with Crippen LogP contribution in [0.1, 0.15) is 77.7 Å². The summed E-state index contributed by atoms with van der Waals surface area (Å²) in [4.78, 5) is 29.5. The van der Waals surface area contributed by atoms with Crippen molar-refractivity contribution in [2.24, 2.45) is 0 Å². The zero-order valence-electron chi connectivity index (χ0n) is 18.6. The zero-order chi connectivity index (χ0) is 21.1. The molecule has 0 radical (unpaired) electrons. The first kappa shape index (κ1) is 23.4. The molecule has 29 heavy (non-hydrogen) atoms. The highest BCUT2D eigenvalue weighted by Crippen LogP contribution is 2.23. The smallest absolute Gasteiger partial charge is 0.323 e. The Balaban J connectivity index is 1.98. The molecule has 1 unspecified atom stereocenters. The van der Waals surface area contributed by atoms with Crippen LogP contribution in [0.2, 0.25) is 0 Å². The summed E-state index contributed by atoms with van der Waals surface area (Å²) in [5.74, 6) is -0.113. The first-order chi connectivity index (χ1) is 14.0. The van der Waals surface area contributed by atoms with Gasteiger partial charge in [-0.15, -0.1) is 0 Å². The summed E-state index contributed by atoms with van der Waals surface area (Å²) < 4.78 is 0. The molecule has 1 aliphatic heterocycles. The SMILES string of the molecule is CCCCCCN(CCCCCC)CN1C(=O)NC(C)(Cc2ccccc2)C1=O. The average Bonchev–Trinajstić information content (AvgIpc) is 2.91. The van der Waals surface area contributed by atoms with E-state index in [1.807, 2.05) is 37.3 Å². The third-order valence-corrected chi connectivity index (χ3v) is 5.74. The number of nitrogens with zero attached hydrogens (tertiary/aromatic N) is 2. The van der Waals surface area contributed by atoms with Crippen LogP contribution in [0.25, 0.3) is 0 Å². The second kappa shape index (κ2) is 12.0. The highest BCUT2D eigenvalue weighted by molar-refractivity contribution is 6.06. The predicted octanol–water partition coefficient (Wildman–Crippen LogP) is 4.96. The molecule has 1 N–H and O–H groups in total. The molecule has 0 aromatic heterocycles. The highest BCUT2D eigenvalue weighted by atomic mass is 16.2. The third-order valence-electron chi connectivity index (χ3n) is 5.74. The first-order valence-electron chi connectivity index (χ1n) is 11.4. The van der Waals surface area contributed by atoms with Crippen LogP contribution >= 0.6 is 0 Å². The molecule has 3 amide bonds. The molecular weight excluding hydrogens is 362 g/mol. The van der Waals surface area contributed by atoms with Gasteiger partial charge in [-0.25, -0.2) is 9.69 Å². The second-order valence-corrected chi connectivity index (χ2v) is 8.54. The Bertz CT molecular complexity index is 622. The molecule has 1 atom stereocenters. The number of benzene rings is 1. The summed E-state index contributed by atoms with van der Waals surface area (Å²) >= 11 is 0. The molecule has 1 aliphatic rings. The van der Waals surface area contributed by atoms with Gasteiger partial charge < -0.3 is 5.32 Å². The van der Waals surface area contributed by atoms with Crippen molar-refractivity contribution in [2.75, 3.05) is 19.8 Å². The molecule has 0 spiro atoms. The van der Waals surface area contributed by atoms with E-state index < -0.39 is 5.54 Å². The summed E-state index contributed by atoms with van der Waals surface area (Å²) in [6.45, 7) is 8.55. The maximum absolute atomic E-state index is 13.1. The first-order valence-corrected chi connectivity index (χ1v) is 11.4. The molecule has 1 fully saturated rings. The van der Waals surface area contributed by atoms with E-state index in [1.54, 1.807) is 0 Å². The van der Waals surface area contributed by atoms with Gasteiger partial charge in [0.15, 0.2) is 0 Å². The van der Waals surface area contributed by atoms with E-state index in [1.165, 1.54) is 43.4 Å². The zero-order valence-corrected chi connectivity index (χ0v) is 18.6. The molecule has 5 nitrogen and oxygen atoms in total. The number of nitrogens with one attached hydrogen (secondary N) is 1. The fourth-order valence-corrected chi connectivity index (χ4v) is 3.98. The molecule has 0 saturated carbocycles. The number of carbonyl (C=O) groups excluding carboxylic acids is 2. The van der Waals surface area contributed by atoms with Crippen molar-refractivity contribution in [1.29, 1.82) is 0 Å². The van der Waals surface area contributed by atoms with Gasteiger partial charge in [0.25, 0.3) is 5.91 Å². The Morgan fingerprint density at radius 1 is 0.897 bits per heavy atom. The van der Waals surface area contributed by atoms with E-state index in [2.05, 4.69) is 24.1 Å². The van der Waals surface area contributed by atoms with Gasteiger partial charge in [0, 0.05) is 6.42 Å². The molecule has 0 bridgehead atoms. The molecule has 0 aliphatic carbocycles. The Morgan fingerprint density at radius 3 is 2.03 bits per heavy atom. The van der Waals surface area contributed by atoms with Crippen molar-refractivity contribution < 1.29 is 9.59 Å². The van der Waals surface area contributed by atoms with Crippen LogP contribution in [-0.4, -0.2) is 47.0 Å². The van der Waals surface area contributed by atoms with Crippen LogP contribution in [0.4, 0.5) is 4.79 Å². The summed E-state index contributed by atoms with van der Waals surface area (Å²) in [6, 6.07) is 9.63. The second-order valence-electron chi connectivity index (χ2n) is 8.54. The lowest BCUT2D eigenvalue weighted by molar-refractivity contribution is -0.132. The molecule has 1 aromatic carbocycles. The van der Waals surface area contributed by atoms with E-state index in [-0.39, 0.29) is 11.9 Å². The van der Waals surface area contributed by atoms with Crippen molar-refractivity contribution in [3.05, 3.63) is 35.9 Å². The van der Waals surface area contributed by atoms with Crippen LogP contribution < -0.4 is 5.32 Å². The van der Waals surface area contributed by atoms with E-state index in [0.717, 1.165) is 31.5 Å². The topological polar surface area (TPSA) is 52.6 Å². The van der Waals surface area contributed by atoms with Crippen molar-refractivity contribution >= 4 is 11.9 Å². The number of hydrogen-bond donors (Lipinski definition) is 1. The number of urea groups is 1. The van der Waals surface area contributed by atoms with Crippen molar-refractivity contribution in [1.82, 2.24) is 15.1 Å². The van der Waals surface area contributed by atoms with Gasteiger partial charge in [0.2, 0.25) is 0 Å². The lowest BCUT2D eigenvalue weighted by Crippen LogP contribution is -2.47. The van der Waals surface area contributed by atoms with Crippen molar-refractivity contribution in [3.8, 4) is 0 Å². The van der Waals surface area contributed by atoms with Gasteiger partial charge in [0.05, 0.1) is 6.67 Å². The van der Waals surface area contributed by atoms with Gasteiger partial charge in [-0.3, -0.25) is 9.69 Å². The van der Waals surface area contributed by atoms with E-state index in [9.17, 15) is 9.59 Å². The quantitative estimate of drug-likeness (QED) is 0.354. The largest absolute Gasteiger partial charge is 0.326 e. The molecule has 2 rings (SSSR count). The monoisotopic (exact) mass is 401 g/mol. The number of amides is 3. The van der Waals surface area contributed by atoms with E-state index in [4.69, 9.17) is 0 Å². The fraction of sp³-hybridized carbons (Fsp3) is 0.667. The Kier molecular flexibility index (Phi) is 9.65. The maximum Gasteiger partial charge on any atom is 0.326 e. The lowest BCUT2D eigenvalue weighted by atomic mass is 9.93. The van der Waals surface area contributed by atoms with E-state index in [0.29, 0.717) is 13.1 Å². The summed E-state index contributed by atoms with van der Waals surface area (Å²) in [6.07, 6.45) is 10.1. The summed E-state index contributed by atoms with van der Waals surface area (Å²) in [5, 5.41) is 2.95. The van der Waals surface area contributed by atoms with Gasteiger partial charge >= 0.3 is 6.03 Å².